The lowest BCUT2D eigenvalue weighted by atomic mass is 9.80. The van der Waals surface area contributed by atoms with Crippen LogP contribution < -0.4 is 0 Å². The number of amides is 1. The van der Waals surface area contributed by atoms with Gasteiger partial charge in [-0.05, 0) is 12.8 Å². The van der Waals surface area contributed by atoms with Crippen LogP contribution in [0.15, 0.2) is 0 Å². The molecule has 4 nitrogen and oxygen atoms in total. The van der Waals surface area contributed by atoms with Gasteiger partial charge in [-0.25, -0.2) is 0 Å². The number of piperidine rings is 1. The zero-order valence-corrected chi connectivity index (χ0v) is 11.9. The third-order valence-electron chi connectivity index (χ3n) is 3.94. The molecular weight excluding hydrogens is 275 g/mol. The first-order chi connectivity index (χ1) is 9.18. The van der Waals surface area contributed by atoms with Crippen LogP contribution in [0, 0.1) is 5.92 Å². The number of carbonyl (C=O) groups is 1. The lowest BCUT2D eigenvalue weighted by Crippen LogP contribution is -2.53. The van der Waals surface area contributed by atoms with Crippen molar-refractivity contribution in [3.63, 3.8) is 0 Å². The number of likely N-dealkylation sites (tertiary alicyclic amines) is 1. The van der Waals surface area contributed by atoms with Gasteiger partial charge in [0.15, 0.2) is 0 Å². The highest BCUT2D eigenvalue weighted by molar-refractivity contribution is 5.76. The summed E-state index contributed by atoms with van der Waals surface area (Å²) in [7, 11) is 1.55. The number of rotatable bonds is 5. The average molecular weight is 297 g/mol. The normalized spacial score (nSPS) is 27.7. The molecule has 0 aromatic carbocycles. The fourth-order valence-corrected chi connectivity index (χ4v) is 2.45. The van der Waals surface area contributed by atoms with E-state index in [2.05, 4.69) is 0 Å². The summed E-state index contributed by atoms with van der Waals surface area (Å²) in [5, 5.41) is 10.4. The molecule has 0 aromatic rings. The third-order valence-corrected chi connectivity index (χ3v) is 3.94. The lowest BCUT2D eigenvalue weighted by molar-refractivity contribution is -0.154. The number of ether oxygens (including phenoxy) is 1. The second-order valence-corrected chi connectivity index (χ2v) is 5.45. The molecule has 2 atom stereocenters. The first kappa shape index (κ1) is 17.2. The standard InChI is InChI=1S/C13H22F3NO3/c1-10-9-17(11(18)3-4-13(14,15)16)7-5-12(10,19)6-8-20-2/h10,19H,3-9H2,1-2H3. The van der Waals surface area contributed by atoms with Gasteiger partial charge in [0.1, 0.15) is 0 Å². The van der Waals surface area contributed by atoms with E-state index < -0.39 is 30.5 Å². The van der Waals surface area contributed by atoms with Crippen LogP contribution in [0.3, 0.4) is 0 Å². The van der Waals surface area contributed by atoms with Gasteiger partial charge in [-0.1, -0.05) is 6.92 Å². The molecule has 1 N–H and O–H groups in total. The van der Waals surface area contributed by atoms with Crippen LogP contribution in [0.4, 0.5) is 13.2 Å². The molecule has 1 amide bonds. The SMILES string of the molecule is COCCC1(O)CCN(C(=O)CCC(F)(F)F)CC1C. The fourth-order valence-electron chi connectivity index (χ4n) is 2.45. The van der Waals surface area contributed by atoms with Crippen molar-refractivity contribution in [3.05, 3.63) is 0 Å². The molecular formula is C13H22F3NO3. The van der Waals surface area contributed by atoms with Gasteiger partial charge in [0, 0.05) is 39.1 Å². The van der Waals surface area contributed by atoms with Crippen LogP contribution in [-0.4, -0.2) is 54.5 Å². The lowest BCUT2D eigenvalue weighted by Gasteiger charge is -2.43. The van der Waals surface area contributed by atoms with E-state index in [1.807, 2.05) is 0 Å². The summed E-state index contributed by atoms with van der Waals surface area (Å²) in [6, 6.07) is 0. The highest BCUT2D eigenvalue weighted by Crippen LogP contribution is 2.31. The Morgan fingerprint density at radius 2 is 2.15 bits per heavy atom. The summed E-state index contributed by atoms with van der Waals surface area (Å²) in [6.45, 7) is 2.81. The minimum atomic E-state index is -4.31. The molecule has 1 aliphatic heterocycles. The number of methoxy groups -OCH3 is 1. The van der Waals surface area contributed by atoms with Crippen molar-refractivity contribution >= 4 is 5.91 Å². The first-order valence-electron chi connectivity index (χ1n) is 6.74. The summed E-state index contributed by atoms with van der Waals surface area (Å²) in [4.78, 5) is 13.1. The number of hydrogen-bond donors (Lipinski definition) is 1. The minimum Gasteiger partial charge on any atom is -0.389 e. The Hall–Kier alpha value is -0.820. The van der Waals surface area contributed by atoms with E-state index >= 15 is 0 Å². The molecule has 0 aromatic heterocycles. The van der Waals surface area contributed by atoms with Gasteiger partial charge < -0.3 is 14.7 Å². The molecule has 0 bridgehead atoms. The Labute approximate surface area is 116 Å². The molecule has 118 valence electrons. The maximum Gasteiger partial charge on any atom is 0.389 e. The monoisotopic (exact) mass is 297 g/mol. The molecule has 0 radical (unpaired) electrons. The van der Waals surface area contributed by atoms with Gasteiger partial charge in [0.2, 0.25) is 5.91 Å². The van der Waals surface area contributed by atoms with E-state index in [1.54, 1.807) is 14.0 Å². The van der Waals surface area contributed by atoms with E-state index in [1.165, 1.54) is 4.90 Å². The summed E-state index contributed by atoms with van der Waals surface area (Å²) >= 11 is 0. The van der Waals surface area contributed by atoms with Gasteiger partial charge in [-0.2, -0.15) is 13.2 Å². The summed E-state index contributed by atoms with van der Waals surface area (Å²) in [5.74, 6) is -0.677. The van der Waals surface area contributed by atoms with Crippen molar-refractivity contribution in [3.8, 4) is 0 Å². The van der Waals surface area contributed by atoms with Crippen molar-refractivity contribution in [2.24, 2.45) is 5.92 Å². The van der Waals surface area contributed by atoms with Gasteiger partial charge in [-0.3, -0.25) is 4.79 Å². The average Bonchev–Trinajstić information content (AvgIpc) is 2.36. The number of halogens is 3. The fraction of sp³-hybridized carbons (Fsp3) is 0.923. The zero-order chi connectivity index (χ0) is 15.4. The van der Waals surface area contributed by atoms with Crippen molar-refractivity contribution in [1.82, 2.24) is 4.90 Å². The maximum absolute atomic E-state index is 12.1. The number of carbonyl (C=O) groups excluding carboxylic acids is 1. The smallest absolute Gasteiger partial charge is 0.389 e. The quantitative estimate of drug-likeness (QED) is 0.844. The van der Waals surface area contributed by atoms with Gasteiger partial charge in [0.05, 0.1) is 12.0 Å². The zero-order valence-electron chi connectivity index (χ0n) is 11.9. The maximum atomic E-state index is 12.1. The Bertz CT molecular complexity index is 335. The van der Waals surface area contributed by atoms with Crippen molar-refractivity contribution in [2.45, 2.75) is 44.4 Å². The van der Waals surface area contributed by atoms with E-state index in [4.69, 9.17) is 4.74 Å². The Balaban J connectivity index is 2.48. The van der Waals surface area contributed by atoms with E-state index in [9.17, 15) is 23.1 Å². The summed E-state index contributed by atoms with van der Waals surface area (Å²) in [6.07, 6.45) is -5.09. The van der Waals surface area contributed by atoms with E-state index in [0.29, 0.717) is 26.0 Å². The third kappa shape index (κ3) is 4.94. The number of nitrogens with zero attached hydrogens (tertiary/aromatic N) is 1. The number of alkyl halides is 3. The van der Waals surface area contributed by atoms with Crippen molar-refractivity contribution in [2.75, 3.05) is 26.8 Å². The predicted molar refractivity (Wildman–Crippen MR) is 67.1 cm³/mol. The molecule has 1 saturated heterocycles. The molecule has 0 spiro atoms. The summed E-state index contributed by atoms with van der Waals surface area (Å²) in [5.41, 5.74) is -0.906. The largest absolute Gasteiger partial charge is 0.389 e. The molecule has 1 aliphatic rings. The van der Waals surface area contributed by atoms with Crippen molar-refractivity contribution in [1.29, 1.82) is 0 Å². The highest BCUT2D eigenvalue weighted by atomic mass is 19.4. The number of hydrogen-bond acceptors (Lipinski definition) is 3. The minimum absolute atomic E-state index is 0.179. The Morgan fingerprint density at radius 3 is 2.65 bits per heavy atom. The molecule has 0 aliphatic carbocycles. The van der Waals surface area contributed by atoms with Crippen LogP contribution in [0.25, 0.3) is 0 Å². The predicted octanol–water partition coefficient (Wildman–Crippen LogP) is 1.96. The summed E-state index contributed by atoms with van der Waals surface area (Å²) < 4.78 is 41.2. The van der Waals surface area contributed by atoms with Crippen LogP contribution in [0.1, 0.15) is 32.6 Å². The Morgan fingerprint density at radius 1 is 1.50 bits per heavy atom. The molecule has 0 saturated carbocycles. The molecule has 2 unspecified atom stereocenters. The molecule has 7 heteroatoms. The Kier molecular flexibility index (Phi) is 5.82. The topological polar surface area (TPSA) is 49.8 Å². The highest BCUT2D eigenvalue weighted by Gasteiger charge is 2.40. The van der Waals surface area contributed by atoms with Crippen LogP contribution in [-0.2, 0) is 9.53 Å². The molecule has 1 fully saturated rings. The van der Waals surface area contributed by atoms with Crippen LogP contribution in [0.5, 0.6) is 0 Å². The molecule has 1 heterocycles. The van der Waals surface area contributed by atoms with Gasteiger partial charge >= 0.3 is 6.18 Å². The second kappa shape index (κ2) is 6.76. The number of aliphatic hydroxyl groups is 1. The van der Waals surface area contributed by atoms with Crippen LogP contribution in [0.2, 0.25) is 0 Å². The van der Waals surface area contributed by atoms with Crippen molar-refractivity contribution < 1.29 is 27.8 Å². The van der Waals surface area contributed by atoms with E-state index in [-0.39, 0.29) is 12.5 Å². The second-order valence-electron chi connectivity index (χ2n) is 5.45. The van der Waals surface area contributed by atoms with Gasteiger partial charge in [-0.15, -0.1) is 0 Å². The van der Waals surface area contributed by atoms with Gasteiger partial charge in [0.25, 0.3) is 0 Å². The molecule has 20 heavy (non-hydrogen) atoms. The van der Waals surface area contributed by atoms with Crippen LogP contribution >= 0.6 is 0 Å². The van der Waals surface area contributed by atoms with E-state index in [0.717, 1.165) is 0 Å². The first-order valence-corrected chi connectivity index (χ1v) is 6.74. The molecule has 1 rings (SSSR count).